The van der Waals surface area contributed by atoms with Crippen molar-refractivity contribution in [2.45, 2.75) is 40.2 Å². The predicted octanol–water partition coefficient (Wildman–Crippen LogP) is 1.87. The summed E-state index contributed by atoms with van der Waals surface area (Å²) in [6, 6.07) is 0.399. The second kappa shape index (κ2) is 4.94. The third kappa shape index (κ3) is 5.64. The summed E-state index contributed by atoms with van der Waals surface area (Å²) >= 11 is 0. The van der Waals surface area contributed by atoms with Crippen LogP contribution in [0.1, 0.15) is 34.1 Å². The van der Waals surface area contributed by atoms with Crippen LogP contribution in [0.25, 0.3) is 0 Å². The highest BCUT2D eigenvalue weighted by atomic mass is 16.1. The number of carbonyl (C=O) groups is 1. The highest BCUT2D eigenvalue weighted by Gasteiger charge is 1.95. The Kier molecular flexibility index (Phi) is 4.59. The van der Waals surface area contributed by atoms with E-state index in [1.54, 1.807) is 6.08 Å². The SMILES string of the molecule is CCC(=O)/C=C(/C)NC(C)C. The van der Waals surface area contributed by atoms with Crippen LogP contribution < -0.4 is 5.32 Å². The van der Waals surface area contributed by atoms with Crippen LogP contribution in [0.5, 0.6) is 0 Å². The number of hydrogen-bond acceptors (Lipinski definition) is 2. The van der Waals surface area contributed by atoms with Gasteiger partial charge in [-0.25, -0.2) is 0 Å². The van der Waals surface area contributed by atoms with E-state index in [2.05, 4.69) is 5.32 Å². The maximum atomic E-state index is 10.9. The Morgan fingerprint density at radius 3 is 2.45 bits per heavy atom. The van der Waals surface area contributed by atoms with Crippen LogP contribution in [-0.4, -0.2) is 11.8 Å². The van der Waals surface area contributed by atoms with Gasteiger partial charge in [0, 0.05) is 18.2 Å². The molecule has 11 heavy (non-hydrogen) atoms. The molecule has 0 amide bonds. The van der Waals surface area contributed by atoms with Gasteiger partial charge in [-0.2, -0.15) is 0 Å². The minimum Gasteiger partial charge on any atom is -0.386 e. The van der Waals surface area contributed by atoms with Gasteiger partial charge in [-0.1, -0.05) is 6.92 Å². The lowest BCUT2D eigenvalue weighted by Crippen LogP contribution is -2.20. The normalized spacial score (nSPS) is 11.9. The number of hydrogen-bond donors (Lipinski definition) is 1. The molecule has 0 atom stereocenters. The maximum absolute atomic E-state index is 10.9. The third-order valence-electron chi connectivity index (χ3n) is 1.24. The van der Waals surface area contributed by atoms with E-state index >= 15 is 0 Å². The van der Waals surface area contributed by atoms with E-state index in [0.29, 0.717) is 12.5 Å². The van der Waals surface area contributed by atoms with Gasteiger partial charge in [0.15, 0.2) is 5.78 Å². The van der Waals surface area contributed by atoms with Crippen molar-refractivity contribution in [2.75, 3.05) is 0 Å². The Morgan fingerprint density at radius 1 is 1.55 bits per heavy atom. The van der Waals surface area contributed by atoms with Crippen molar-refractivity contribution in [3.8, 4) is 0 Å². The fourth-order valence-electron chi connectivity index (χ4n) is 0.841. The standard InChI is InChI=1S/C9H17NO/c1-5-9(11)6-8(4)10-7(2)3/h6-7,10H,5H2,1-4H3/b8-6-. The lowest BCUT2D eigenvalue weighted by atomic mass is 10.2. The van der Waals surface area contributed by atoms with Crippen LogP contribution in [0, 0.1) is 0 Å². The van der Waals surface area contributed by atoms with E-state index < -0.39 is 0 Å². The second-order valence-corrected chi connectivity index (χ2v) is 2.95. The van der Waals surface area contributed by atoms with Gasteiger partial charge in [0.2, 0.25) is 0 Å². The van der Waals surface area contributed by atoms with Gasteiger partial charge in [-0.15, -0.1) is 0 Å². The molecule has 0 aliphatic heterocycles. The molecule has 0 aliphatic carbocycles. The Balaban J connectivity index is 3.90. The van der Waals surface area contributed by atoms with Crippen LogP contribution in [0.15, 0.2) is 11.8 Å². The molecule has 2 heteroatoms. The number of ketones is 1. The minimum atomic E-state index is 0.177. The zero-order valence-corrected chi connectivity index (χ0v) is 7.77. The molecule has 0 bridgehead atoms. The smallest absolute Gasteiger partial charge is 0.157 e. The summed E-state index contributed by atoms with van der Waals surface area (Å²) in [6.45, 7) is 7.87. The first-order valence-electron chi connectivity index (χ1n) is 4.04. The summed E-state index contributed by atoms with van der Waals surface area (Å²) in [7, 11) is 0. The molecule has 64 valence electrons. The van der Waals surface area contributed by atoms with Crippen molar-refractivity contribution in [1.82, 2.24) is 5.32 Å². The van der Waals surface area contributed by atoms with Gasteiger partial charge in [-0.05, 0) is 26.8 Å². The van der Waals surface area contributed by atoms with Crippen LogP contribution in [-0.2, 0) is 4.79 Å². The van der Waals surface area contributed by atoms with Crippen LogP contribution >= 0.6 is 0 Å². The monoisotopic (exact) mass is 155 g/mol. The molecular formula is C9H17NO. The molecule has 1 N–H and O–H groups in total. The third-order valence-corrected chi connectivity index (χ3v) is 1.24. The summed E-state index contributed by atoms with van der Waals surface area (Å²) in [6.07, 6.45) is 2.23. The van der Waals surface area contributed by atoms with E-state index in [4.69, 9.17) is 0 Å². The molecule has 0 aliphatic rings. The molecule has 0 unspecified atom stereocenters. The summed E-state index contributed by atoms with van der Waals surface area (Å²) in [5.74, 6) is 0.177. The average Bonchev–Trinajstić information content (AvgIpc) is 1.85. The van der Waals surface area contributed by atoms with Gasteiger partial charge >= 0.3 is 0 Å². The quantitative estimate of drug-likeness (QED) is 0.628. The fraction of sp³-hybridized carbons (Fsp3) is 0.667. The Bertz CT molecular complexity index is 159. The molecular weight excluding hydrogens is 138 g/mol. The number of carbonyl (C=O) groups excluding carboxylic acids is 1. The first kappa shape index (κ1) is 10.2. The maximum Gasteiger partial charge on any atom is 0.157 e. The van der Waals surface area contributed by atoms with Crippen molar-refractivity contribution < 1.29 is 4.79 Å². The second-order valence-electron chi connectivity index (χ2n) is 2.95. The molecule has 0 aromatic heterocycles. The molecule has 0 saturated carbocycles. The molecule has 0 aromatic carbocycles. The summed E-state index contributed by atoms with van der Waals surface area (Å²) in [5, 5.41) is 3.15. The Labute approximate surface area is 68.7 Å². The van der Waals surface area contributed by atoms with Crippen LogP contribution in [0.3, 0.4) is 0 Å². The zero-order valence-electron chi connectivity index (χ0n) is 7.77. The summed E-state index contributed by atoms with van der Waals surface area (Å²) in [4.78, 5) is 10.9. The Morgan fingerprint density at radius 2 is 2.09 bits per heavy atom. The van der Waals surface area contributed by atoms with Gasteiger partial charge in [0.1, 0.15) is 0 Å². The van der Waals surface area contributed by atoms with E-state index in [1.165, 1.54) is 0 Å². The summed E-state index contributed by atoms with van der Waals surface area (Å²) in [5.41, 5.74) is 0.951. The first-order chi connectivity index (χ1) is 5.06. The van der Waals surface area contributed by atoms with E-state index in [9.17, 15) is 4.79 Å². The number of allylic oxidation sites excluding steroid dienone is 2. The van der Waals surface area contributed by atoms with Crippen molar-refractivity contribution in [2.24, 2.45) is 0 Å². The molecule has 0 radical (unpaired) electrons. The fourth-order valence-corrected chi connectivity index (χ4v) is 0.841. The van der Waals surface area contributed by atoms with E-state index in [0.717, 1.165) is 5.70 Å². The molecule has 0 heterocycles. The van der Waals surface area contributed by atoms with Gasteiger partial charge < -0.3 is 5.32 Å². The van der Waals surface area contributed by atoms with Gasteiger partial charge in [-0.3, -0.25) is 4.79 Å². The lowest BCUT2D eigenvalue weighted by Gasteiger charge is -2.08. The van der Waals surface area contributed by atoms with Crippen molar-refractivity contribution in [3.05, 3.63) is 11.8 Å². The van der Waals surface area contributed by atoms with Crippen molar-refractivity contribution >= 4 is 5.78 Å². The minimum absolute atomic E-state index is 0.177. The lowest BCUT2D eigenvalue weighted by molar-refractivity contribution is -0.114. The van der Waals surface area contributed by atoms with Gasteiger partial charge in [0.25, 0.3) is 0 Å². The highest BCUT2D eigenvalue weighted by molar-refractivity contribution is 5.89. The summed E-state index contributed by atoms with van der Waals surface area (Å²) < 4.78 is 0. The molecule has 0 aromatic rings. The van der Waals surface area contributed by atoms with Crippen molar-refractivity contribution in [1.29, 1.82) is 0 Å². The van der Waals surface area contributed by atoms with Gasteiger partial charge in [0.05, 0.1) is 0 Å². The Hall–Kier alpha value is -0.790. The first-order valence-corrected chi connectivity index (χ1v) is 4.04. The molecule has 0 rings (SSSR count). The topological polar surface area (TPSA) is 29.1 Å². The highest BCUT2D eigenvalue weighted by Crippen LogP contribution is 1.92. The molecule has 2 nitrogen and oxygen atoms in total. The molecule has 0 fully saturated rings. The zero-order chi connectivity index (χ0) is 8.85. The van der Waals surface area contributed by atoms with Crippen LogP contribution in [0.2, 0.25) is 0 Å². The van der Waals surface area contributed by atoms with E-state index in [1.807, 2.05) is 27.7 Å². The van der Waals surface area contributed by atoms with E-state index in [-0.39, 0.29) is 5.78 Å². The van der Waals surface area contributed by atoms with Crippen LogP contribution in [0.4, 0.5) is 0 Å². The number of rotatable bonds is 4. The van der Waals surface area contributed by atoms with Crippen molar-refractivity contribution in [3.63, 3.8) is 0 Å². The number of nitrogens with one attached hydrogen (secondary N) is 1. The average molecular weight is 155 g/mol. The molecule has 0 saturated heterocycles. The molecule has 0 spiro atoms. The largest absolute Gasteiger partial charge is 0.386 e. The predicted molar refractivity (Wildman–Crippen MR) is 47.3 cm³/mol.